The summed E-state index contributed by atoms with van der Waals surface area (Å²) in [6.45, 7) is 3.61. The molecule has 0 aromatic carbocycles. The van der Waals surface area contributed by atoms with E-state index in [2.05, 4.69) is 16.8 Å². The number of aromatic nitrogens is 1. The van der Waals surface area contributed by atoms with E-state index in [1.807, 2.05) is 18.2 Å². The van der Waals surface area contributed by atoms with Crippen LogP contribution in [0.1, 0.15) is 18.2 Å². The molecule has 4 nitrogen and oxygen atoms in total. The van der Waals surface area contributed by atoms with Crippen LogP contribution in [0.25, 0.3) is 0 Å². The molecule has 4 heteroatoms. The molecule has 0 radical (unpaired) electrons. The Morgan fingerprint density at radius 3 is 2.94 bits per heavy atom. The lowest BCUT2D eigenvalue weighted by Gasteiger charge is -2.23. The van der Waals surface area contributed by atoms with Crippen LogP contribution in [0.2, 0.25) is 0 Å². The van der Waals surface area contributed by atoms with Crippen LogP contribution in [0, 0.1) is 0 Å². The molecule has 0 amide bonds. The normalized spacial score (nSPS) is 10.5. The van der Waals surface area contributed by atoms with E-state index in [-0.39, 0.29) is 6.61 Å². The molecule has 0 saturated heterocycles. The SMILES string of the molecule is CCN(Cc1ccco1)c1ccncc1CO. The maximum absolute atomic E-state index is 9.30. The smallest absolute Gasteiger partial charge is 0.123 e. The highest BCUT2D eigenvalue weighted by atomic mass is 16.3. The summed E-state index contributed by atoms with van der Waals surface area (Å²) in [4.78, 5) is 6.16. The third kappa shape index (κ3) is 2.65. The minimum Gasteiger partial charge on any atom is -0.467 e. The van der Waals surface area contributed by atoms with Gasteiger partial charge in [0.2, 0.25) is 0 Å². The quantitative estimate of drug-likeness (QED) is 0.858. The van der Waals surface area contributed by atoms with Gasteiger partial charge in [-0.05, 0) is 25.1 Å². The summed E-state index contributed by atoms with van der Waals surface area (Å²) < 4.78 is 5.34. The fourth-order valence-electron chi connectivity index (χ4n) is 1.81. The van der Waals surface area contributed by atoms with Gasteiger partial charge in [-0.25, -0.2) is 0 Å². The van der Waals surface area contributed by atoms with Crippen molar-refractivity contribution in [3.63, 3.8) is 0 Å². The van der Waals surface area contributed by atoms with Crippen LogP contribution in [0.3, 0.4) is 0 Å². The van der Waals surface area contributed by atoms with Crippen LogP contribution in [-0.2, 0) is 13.2 Å². The van der Waals surface area contributed by atoms with Gasteiger partial charge in [-0.2, -0.15) is 0 Å². The Balaban J connectivity index is 2.22. The maximum atomic E-state index is 9.30. The molecular weight excluding hydrogens is 216 g/mol. The standard InChI is InChI=1S/C13H16N2O2/c1-2-15(9-12-4-3-7-17-12)13-5-6-14-8-11(13)10-16/h3-8,16H,2,9-10H2,1H3. The van der Waals surface area contributed by atoms with Gasteiger partial charge in [0.05, 0.1) is 19.4 Å². The van der Waals surface area contributed by atoms with Crippen LogP contribution in [0.5, 0.6) is 0 Å². The zero-order valence-electron chi connectivity index (χ0n) is 9.84. The zero-order valence-corrected chi connectivity index (χ0v) is 9.84. The summed E-state index contributed by atoms with van der Waals surface area (Å²) in [5.74, 6) is 0.910. The molecule has 0 atom stereocenters. The number of aliphatic hydroxyl groups excluding tert-OH is 1. The van der Waals surface area contributed by atoms with E-state index in [9.17, 15) is 5.11 Å². The number of furan rings is 1. The van der Waals surface area contributed by atoms with Crippen LogP contribution in [-0.4, -0.2) is 16.6 Å². The van der Waals surface area contributed by atoms with Gasteiger partial charge in [0.15, 0.2) is 0 Å². The Bertz CT molecular complexity index is 454. The molecule has 0 spiro atoms. The average Bonchev–Trinajstić information content (AvgIpc) is 2.89. The number of nitrogens with zero attached hydrogens (tertiary/aromatic N) is 2. The lowest BCUT2D eigenvalue weighted by atomic mass is 10.2. The van der Waals surface area contributed by atoms with Gasteiger partial charge in [0.1, 0.15) is 5.76 Å². The van der Waals surface area contributed by atoms with Crippen molar-refractivity contribution in [2.24, 2.45) is 0 Å². The first-order valence-corrected chi connectivity index (χ1v) is 5.66. The fraction of sp³-hybridized carbons (Fsp3) is 0.308. The zero-order chi connectivity index (χ0) is 12.1. The third-order valence-electron chi connectivity index (χ3n) is 2.70. The summed E-state index contributed by atoms with van der Waals surface area (Å²) in [6, 6.07) is 5.74. The van der Waals surface area contributed by atoms with Crippen LogP contribution >= 0.6 is 0 Å². The highest BCUT2D eigenvalue weighted by Crippen LogP contribution is 2.21. The summed E-state index contributed by atoms with van der Waals surface area (Å²) in [7, 11) is 0. The predicted molar refractivity (Wildman–Crippen MR) is 65.6 cm³/mol. The van der Waals surface area contributed by atoms with Crippen LogP contribution < -0.4 is 4.90 Å². The minimum atomic E-state index is -0.00215. The summed E-state index contributed by atoms with van der Waals surface area (Å²) >= 11 is 0. The number of pyridine rings is 1. The van der Waals surface area contributed by atoms with Crippen molar-refractivity contribution in [1.29, 1.82) is 0 Å². The van der Waals surface area contributed by atoms with Crippen molar-refractivity contribution in [2.75, 3.05) is 11.4 Å². The third-order valence-corrected chi connectivity index (χ3v) is 2.70. The fourth-order valence-corrected chi connectivity index (χ4v) is 1.81. The van der Waals surface area contributed by atoms with Gasteiger partial charge in [0, 0.05) is 30.2 Å². The molecule has 0 aliphatic carbocycles. The van der Waals surface area contributed by atoms with Crippen molar-refractivity contribution in [2.45, 2.75) is 20.1 Å². The summed E-state index contributed by atoms with van der Waals surface area (Å²) in [5.41, 5.74) is 1.84. The van der Waals surface area contributed by atoms with Gasteiger partial charge in [-0.15, -0.1) is 0 Å². The molecule has 90 valence electrons. The molecule has 0 unspecified atom stereocenters. The Labute approximate surface area is 101 Å². The molecule has 1 N–H and O–H groups in total. The molecule has 0 bridgehead atoms. The van der Waals surface area contributed by atoms with Gasteiger partial charge < -0.3 is 14.4 Å². The average molecular weight is 232 g/mol. The summed E-state index contributed by atoms with van der Waals surface area (Å²) in [6.07, 6.45) is 5.10. The van der Waals surface area contributed by atoms with Crippen molar-refractivity contribution in [3.8, 4) is 0 Å². The molecule has 0 fully saturated rings. The number of hydrogen-bond acceptors (Lipinski definition) is 4. The van der Waals surface area contributed by atoms with E-state index in [1.165, 1.54) is 0 Å². The molecule has 0 aliphatic heterocycles. The van der Waals surface area contributed by atoms with Gasteiger partial charge in [-0.3, -0.25) is 4.98 Å². The lowest BCUT2D eigenvalue weighted by molar-refractivity contribution is 0.281. The van der Waals surface area contributed by atoms with Crippen molar-refractivity contribution >= 4 is 5.69 Å². The Morgan fingerprint density at radius 1 is 1.41 bits per heavy atom. The predicted octanol–water partition coefficient (Wildman–Crippen LogP) is 2.19. The number of rotatable bonds is 5. The van der Waals surface area contributed by atoms with Crippen molar-refractivity contribution in [3.05, 3.63) is 48.2 Å². The Kier molecular flexibility index (Phi) is 3.77. The van der Waals surface area contributed by atoms with Gasteiger partial charge in [0.25, 0.3) is 0 Å². The van der Waals surface area contributed by atoms with E-state index in [0.717, 1.165) is 23.6 Å². The molecule has 2 rings (SSSR count). The first-order chi connectivity index (χ1) is 8.35. The highest BCUT2D eigenvalue weighted by Gasteiger charge is 2.10. The maximum Gasteiger partial charge on any atom is 0.123 e. The first-order valence-electron chi connectivity index (χ1n) is 5.66. The monoisotopic (exact) mass is 232 g/mol. The van der Waals surface area contributed by atoms with Crippen molar-refractivity contribution < 1.29 is 9.52 Å². The van der Waals surface area contributed by atoms with E-state index in [0.29, 0.717) is 6.54 Å². The molecule has 17 heavy (non-hydrogen) atoms. The second-order valence-electron chi connectivity index (χ2n) is 3.76. The first kappa shape index (κ1) is 11.7. The lowest BCUT2D eigenvalue weighted by Crippen LogP contribution is -2.23. The van der Waals surface area contributed by atoms with Crippen LogP contribution in [0.4, 0.5) is 5.69 Å². The molecular formula is C13H16N2O2. The summed E-state index contributed by atoms with van der Waals surface area (Å²) in [5, 5.41) is 9.30. The number of anilines is 1. The second kappa shape index (κ2) is 5.50. The van der Waals surface area contributed by atoms with E-state index < -0.39 is 0 Å². The largest absolute Gasteiger partial charge is 0.467 e. The van der Waals surface area contributed by atoms with E-state index >= 15 is 0 Å². The number of aliphatic hydroxyl groups is 1. The Morgan fingerprint density at radius 2 is 2.29 bits per heavy atom. The number of hydrogen-bond donors (Lipinski definition) is 1. The molecule has 0 aliphatic rings. The molecule has 2 aromatic rings. The second-order valence-corrected chi connectivity index (χ2v) is 3.76. The molecule has 2 heterocycles. The topological polar surface area (TPSA) is 49.5 Å². The molecule has 0 saturated carbocycles. The van der Waals surface area contributed by atoms with Gasteiger partial charge in [-0.1, -0.05) is 0 Å². The van der Waals surface area contributed by atoms with Gasteiger partial charge >= 0.3 is 0 Å². The molecule has 2 aromatic heterocycles. The van der Waals surface area contributed by atoms with E-state index in [1.54, 1.807) is 18.7 Å². The Hall–Kier alpha value is -1.81. The van der Waals surface area contributed by atoms with Crippen LogP contribution in [0.15, 0.2) is 41.3 Å². The highest BCUT2D eigenvalue weighted by molar-refractivity contribution is 5.51. The minimum absolute atomic E-state index is 0.00215. The van der Waals surface area contributed by atoms with Crippen molar-refractivity contribution in [1.82, 2.24) is 4.98 Å². The van der Waals surface area contributed by atoms with E-state index in [4.69, 9.17) is 4.42 Å².